The Morgan fingerprint density at radius 2 is 1.53 bits per heavy atom. The molecule has 2 aliphatic rings. The molecule has 1 saturated carbocycles. The van der Waals surface area contributed by atoms with Crippen LogP contribution in [0.3, 0.4) is 0 Å². The molecule has 0 spiro atoms. The minimum absolute atomic E-state index is 0.488. The molecule has 0 aromatic heterocycles. The van der Waals surface area contributed by atoms with Crippen molar-refractivity contribution in [3.05, 3.63) is 0 Å². The van der Waals surface area contributed by atoms with E-state index in [1.807, 2.05) is 0 Å². The molecule has 1 heterocycles. The Morgan fingerprint density at radius 1 is 0.867 bits per heavy atom. The van der Waals surface area contributed by atoms with E-state index >= 15 is 0 Å². The van der Waals surface area contributed by atoms with Crippen LogP contribution in [0.2, 0.25) is 0 Å². The van der Waals surface area contributed by atoms with Gasteiger partial charge in [0, 0.05) is 12.6 Å². The van der Waals surface area contributed by atoms with E-state index in [-0.39, 0.29) is 0 Å². The van der Waals surface area contributed by atoms with Gasteiger partial charge in [0.05, 0.1) is 0 Å². The van der Waals surface area contributed by atoms with Crippen LogP contribution in [0.4, 0.5) is 0 Å². The molecule has 2 atom stereocenters. The van der Waals surface area contributed by atoms with Gasteiger partial charge >= 0.3 is 0 Å². The Bertz CT molecular complexity index is 173. The molecule has 1 saturated heterocycles. The second-order valence-corrected chi connectivity index (χ2v) is 5.42. The summed E-state index contributed by atoms with van der Waals surface area (Å²) >= 11 is 0. The van der Waals surface area contributed by atoms with E-state index in [1.54, 1.807) is 0 Å². The second kappa shape index (κ2) is 5.86. The molecule has 0 radical (unpaired) electrons. The molecule has 2 N–H and O–H groups in total. The molecule has 0 aromatic rings. The number of hydrogen-bond donors (Lipinski definition) is 1. The Hall–Kier alpha value is -0.0800. The third-order valence-electron chi connectivity index (χ3n) is 4.16. The molecule has 15 heavy (non-hydrogen) atoms. The zero-order chi connectivity index (χ0) is 10.5. The van der Waals surface area contributed by atoms with Crippen LogP contribution >= 0.6 is 0 Å². The van der Waals surface area contributed by atoms with Crippen molar-refractivity contribution in [2.75, 3.05) is 19.6 Å². The van der Waals surface area contributed by atoms with Gasteiger partial charge in [0.25, 0.3) is 0 Å². The standard InChI is InChI=1S/C13H26N2/c14-13-8-4-3-7-12(13)11-15-9-5-1-2-6-10-15/h12-13H,1-11,14H2. The van der Waals surface area contributed by atoms with Crippen LogP contribution in [-0.2, 0) is 0 Å². The lowest BCUT2D eigenvalue weighted by atomic mass is 9.84. The summed E-state index contributed by atoms with van der Waals surface area (Å²) in [5.41, 5.74) is 6.21. The van der Waals surface area contributed by atoms with E-state index < -0.39 is 0 Å². The van der Waals surface area contributed by atoms with Crippen molar-refractivity contribution < 1.29 is 0 Å². The first-order valence-electron chi connectivity index (χ1n) is 6.84. The molecule has 0 amide bonds. The molecule has 1 aliphatic heterocycles. The average molecular weight is 210 g/mol. The quantitative estimate of drug-likeness (QED) is 0.758. The highest BCUT2D eigenvalue weighted by Gasteiger charge is 2.24. The summed E-state index contributed by atoms with van der Waals surface area (Å²) in [4.78, 5) is 2.67. The Balaban J connectivity index is 1.78. The maximum absolute atomic E-state index is 6.21. The predicted octanol–water partition coefficient (Wildman–Crippen LogP) is 2.38. The monoisotopic (exact) mass is 210 g/mol. The molecule has 1 aliphatic carbocycles. The van der Waals surface area contributed by atoms with Crippen LogP contribution in [0, 0.1) is 5.92 Å². The van der Waals surface area contributed by atoms with Crippen molar-refractivity contribution in [2.24, 2.45) is 11.7 Å². The van der Waals surface area contributed by atoms with Crippen LogP contribution in [0.5, 0.6) is 0 Å². The molecule has 88 valence electrons. The molecule has 2 unspecified atom stereocenters. The summed E-state index contributed by atoms with van der Waals surface area (Å²) in [5.74, 6) is 0.789. The lowest BCUT2D eigenvalue weighted by molar-refractivity contribution is 0.189. The van der Waals surface area contributed by atoms with Crippen molar-refractivity contribution in [1.82, 2.24) is 4.90 Å². The van der Waals surface area contributed by atoms with Crippen molar-refractivity contribution in [3.63, 3.8) is 0 Å². The number of nitrogens with zero attached hydrogens (tertiary/aromatic N) is 1. The fraction of sp³-hybridized carbons (Fsp3) is 1.00. The summed E-state index contributed by atoms with van der Waals surface area (Å²) in [7, 11) is 0. The molecule has 2 rings (SSSR count). The summed E-state index contributed by atoms with van der Waals surface area (Å²) in [5, 5.41) is 0. The van der Waals surface area contributed by atoms with E-state index in [0.717, 1.165) is 5.92 Å². The number of rotatable bonds is 2. The van der Waals surface area contributed by atoms with Gasteiger partial charge in [0.1, 0.15) is 0 Å². The van der Waals surface area contributed by atoms with Gasteiger partial charge < -0.3 is 10.6 Å². The van der Waals surface area contributed by atoms with Gasteiger partial charge in [-0.25, -0.2) is 0 Å². The van der Waals surface area contributed by atoms with Crippen LogP contribution in [-0.4, -0.2) is 30.6 Å². The van der Waals surface area contributed by atoms with Gasteiger partial charge in [0.2, 0.25) is 0 Å². The summed E-state index contributed by atoms with van der Waals surface area (Å²) in [6.45, 7) is 3.92. The van der Waals surface area contributed by atoms with Crippen LogP contribution in [0.1, 0.15) is 51.4 Å². The minimum Gasteiger partial charge on any atom is -0.327 e. The van der Waals surface area contributed by atoms with Crippen molar-refractivity contribution >= 4 is 0 Å². The predicted molar refractivity (Wildman–Crippen MR) is 64.8 cm³/mol. The van der Waals surface area contributed by atoms with Gasteiger partial charge in [-0.3, -0.25) is 0 Å². The first kappa shape index (κ1) is 11.4. The van der Waals surface area contributed by atoms with Gasteiger partial charge in [-0.1, -0.05) is 25.7 Å². The zero-order valence-corrected chi connectivity index (χ0v) is 9.96. The van der Waals surface area contributed by atoms with Gasteiger partial charge in [-0.2, -0.15) is 0 Å². The molecule has 0 bridgehead atoms. The second-order valence-electron chi connectivity index (χ2n) is 5.42. The Labute approximate surface area is 94.2 Å². The lowest BCUT2D eigenvalue weighted by Gasteiger charge is -2.33. The normalized spacial score (nSPS) is 35.0. The lowest BCUT2D eigenvalue weighted by Crippen LogP contribution is -2.41. The number of nitrogens with two attached hydrogens (primary N) is 1. The highest BCUT2D eigenvalue weighted by Crippen LogP contribution is 2.24. The van der Waals surface area contributed by atoms with Gasteiger partial charge in [0.15, 0.2) is 0 Å². The fourth-order valence-corrected chi connectivity index (χ4v) is 3.11. The smallest absolute Gasteiger partial charge is 0.00793 e. The molecule has 2 fully saturated rings. The van der Waals surface area contributed by atoms with Crippen LogP contribution in [0.15, 0.2) is 0 Å². The van der Waals surface area contributed by atoms with E-state index in [1.165, 1.54) is 71.0 Å². The Morgan fingerprint density at radius 3 is 2.20 bits per heavy atom. The molecular formula is C13H26N2. The third kappa shape index (κ3) is 3.46. The topological polar surface area (TPSA) is 29.3 Å². The van der Waals surface area contributed by atoms with Crippen molar-refractivity contribution in [3.8, 4) is 0 Å². The van der Waals surface area contributed by atoms with E-state index in [9.17, 15) is 0 Å². The molecule has 2 heteroatoms. The summed E-state index contributed by atoms with van der Waals surface area (Å²) < 4.78 is 0. The van der Waals surface area contributed by atoms with Crippen LogP contribution < -0.4 is 5.73 Å². The van der Waals surface area contributed by atoms with Crippen molar-refractivity contribution in [1.29, 1.82) is 0 Å². The van der Waals surface area contributed by atoms with E-state index in [4.69, 9.17) is 5.73 Å². The van der Waals surface area contributed by atoms with Gasteiger partial charge in [-0.15, -0.1) is 0 Å². The zero-order valence-electron chi connectivity index (χ0n) is 9.96. The first-order valence-corrected chi connectivity index (χ1v) is 6.84. The average Bonchev–Trinajstić information content (AvgIpc) is 2.50. The van der Waals surface area contributed by atoms with Crippen molar-refractivity contribution in [2.45, 2.75) is 57.4 Å². The maximum atomic E-state index is 6.21. The molecule has 0 aromatic carbocycles. The molecular weight excluding hydrogens is 184 g/mol. The van der Waals surface area contributed by atoms with Crippen LogP contribution in [0.25, 0.3) is 0 Å². The highest BCUT2D eigenvalue weighted by atomic mass is 15.1. The summed E-state index contributed by atoms with van der Waals surface area (Å²) in [6, 6.07) is 0.488. The SMILES string of the molecule is NC1CCCCC1CN1CCCCCC1. The number of hydrogen-bond acceptors (Lipinski definition) is 2. The number of likely N-dealkylation sites (tertiary alicyclic amines) is 1. The Kier molecular flexibility index (Phi) is 4.45. The van der Waals surface area contributed by atoms with E-state index in [0.29, 0.717) is 6.04 Å². The maximum Gasteiger partial charge on any atom is 0.00793 e. The van der Waals surface area contributed by atoms with E-state index in [2.05, 4.69) is 4.90 Å². The molecule has 2 nitrogen and oxygen atoms in total. The third-order valence-corrected chi connectivity index (χ3v) is 4.16. The minimum atomic E-state index is 0.488. The summed E-state index contributed by atoms with van der Waals surface area (Å²) in [6.07, 6.45) is 11.1. The first-order chi connectivity index (χ1) is 7.36. The highest BCUT2D eigenvalue weighted by molar-refractivity contribution is 4.81. The van der Waals surface area contributed by atoms with Gasteiger partial charge in [-0.05, 0) is 44.7 Å². The fourth-order valence-electron chi connectivity index (χ4n) is 3.11. The largest absolute Gasteiger partial charge is 0.327 e.